The van der Waals surface area contributed by atoms with Crippen LogP contribution in [0.2, 0.25) is 0 Å². The highest BCUT2D eigenvalue weighted by Crippen LogP contribution is 2.20. The Balaban J connectivity index is 2.00. The fourth-order valence-electron chi connectivity index (χ4n) is 2.67. The third-order valence-corrected chi connectivity index (χ3v) is 3.98. The van der Waals surface area contributed by atoms with Gasteiger partial charge in [0, 0.05) is 11.6 Å². The molecule has 5 nitrogen and oxygen atoms in total. The Morgan fingerprint density at radius 2 is 1.69 bits per heavy atom. The minimum absolute atomic E-state index is 0.119. The lowest BCUT2D eigenvalue weighted by Crippen LogP contribution is -2.23. The van der Waals surface area contributed by atoms with Gasteiger partial charge in [-0.05, 0) is 36.8 Å². The van der Waals surface area contributed by atoms with Crippen molar-refractivity contribution in [3.8, 4) is 11.4 Å². The zero-order valence-electron chi connectivity index (χ0n) is 14.5. The molecule has 0 saturated heterocycles. The van der Waals surface area contributed by atoms with Crippen molar-refractivity contribution in [1.82, 2.24) is 4.57 Å². The molecule has 0 spiro atoms. The monoisotopic (exact) mass is 348 g/mol. The molecule has 0 aliphatic rings. The van der Waals surface area contributed by atoms with Crippen LogP contribution in [0.25, 0.3) is 5.69 Å². The number of nitrogens with two attached hydrogens (primary N) is 1. The van der Waals surface area contributed by atoms with Gasteiger partial charge in [0.15, 0.2) is 5.78 Å². The maximum Gasteiger partial charge on any atom is 0.256 e. The Labute approximate surface area is 151 Å². The lowest BCUT2D eigenvalue weighted by atomic mass is 10.0. The molecule has 0 amide bonds. The molecular formula is C21H20N2O3. The SMILES string of the molecule is CCCOc1ccc(-n2c(N)c(C(=O)c3ccccc3)ccc2=O)cc1. The molecule has 5 heteroatoms. The molecule has 0 bridgehead atoms. The average Bonchev–Trinajstić information content (AvgIpc) is 2.68. The van der Waals surface area contributed by atoms with Crippen LogP contribution in [0.5, 0.6) is 5.75 Å². The van der Waals surface area contributed by atoms with Crippen LogP contribution in [-0.4, -0.2) is 17.0 Å². The van der Waals surface area contributed by atoms with Gasteiger partial charge >= 0.3 is 0 Å². The van der Waals surface area contributed by atoms with Gasteiger partial charge in [-0.25, -0.2) is 0 Å². The highest BCUT2D eigenvalue weighted by molar-refractivity contribution is 6.11. The summed E-state index contributed by atoms with van der Waals surface area (Å²) >= 11 is 0. The summed E-state index contributed by atoms with van der Waals surface area (Å²) in [5, 5.41) is 0. The first-order valence-electron chi connectivity index (χ1n) is 8.46. The van der Waals surface area contributed by atoms with Crippen molar-refractivity contribution in [2.75, 3.05) is 12.3 Å². The number of anilines is 1. The maximum absolute atomic E-state index is 12.7. The van der Waals surface area contributed by atoms with Crippen molar-refractivity contribution in [2.45, 2.75) is 13.3 Å². The second kappa shape index (κ2) is 7.70. The Hall–Kier alpha value is -3.34. The van der Waals surface area contributed by atoms with Crippen molar-refractivity contribution in [2.24, 2.45) is 0 Å². The zero-order chi connectivity index (χ0) is 18.5. The maximum atomic E-state index is 12.7. The van der Waals surface area contributed by atoms with Crippen molar-refractivity contribution in [1.29, 1.82) is 0 Å². The van der Waals surface area contributed by atoms with E-state index in [4.69, 9.17) is 10.5 Å². The molecule has 2 aromatic carbocycles. The zero-order valence-corrected chi connectivity index (χ0v) is 14.5. The summed E-state index contributed by atoms with van der Waals surface area (Å²) in [4.78, 5) is 25.1. The first-order valence-corrected chi connectivity index (χ1v) is 8.46. The molecule has 132 valence electrons. The molecule has 0 aliphatic heterocycles. The highest BCUT2D eigenvalue weighted by Gasteiger charge is 2.16. The van der Waals surface area contributed by atoms with E-state index in [1.807, 2.05) is 13.0 Å². The molecule has 0 radical (unpaired) electrons. The van der Waals surface area contributed by atoms with E-state index < -0.39 is 0 Å². The summed E-state index contributed by atoms with van der Waals surface area (Å²) in [5.74, 6) is 0.618. The van der Waals surface area contributed by atoms with Crippen LogP contribution in [0.15, 0.2) is 71.5 Å². The molecule has 0 aliphatic carbocycles. The minimum Gasteiger partial charge on any atom is -0.494 e. The molecular weight excluding hydrogens is 328 g/mol. The number of ketones is 1. The number of hydrogen-bond donors (Lipinski definition) is 1. The van der Waals surface area contributed by atoms with Crippen molar-refractivity contribution in [3.63, 3.8) is 0 Å². The highest BCUT2D eigenvalue weighted by atomic mass is 16.5. The quantitative estimate of drug-likeness (QED) is 0.693. The number of pyridine rings is 1. The molecule has 0 unspecified atom stereocenters. The summed E-state index contributed by atoms with van der Waals surface area (Å²) in [6.45, 7) is 2.66. The number of benzene rings is 2. The Morgan fingerprint density at radius 3 is 2.35 bits per heavy atom. The predicted octanol–water partition coefficient (Wildman–Crippen LogP) is 3.44. The standard InChI is InChI=1S/C21H20N2O3/c1-2-14-26-17-10-8-16(9-11-17)23-19(24)13-12-18(21(23)22)20(25)15-6-4-3-5-7-15/h3-13H,2,14,22H2,1H3. The van der Waals surface area contributed by atoms with E-state index in [1.165, 1.54) is 16.7 Å². The van der Waals surface area contributed by atoms with E-state index >= 15 is 0 Å². The van der Waals surface area contributed by atoms with E-state index in [-0.39, 0.29) is 17.2 Å². The molecule has 26 heavy (non-hydrogen) atoms. The molecule has 3 rings (SSSR count). The summed E-state index contributed by atoms with van der Waals surface area (Å²) < 4.78 is 6.89. The fraction of sp³-hybridized carbons (Fsp3) is 0.143. The first-order chi connectivity index (χ1) is 12.6. The fourth-order valence-corrected chi connectivity index (χ4v) is 2.67. The number of aromatic nitrogens is 1. The number of ether oxygens (including phenoxy) is 1. The third-order valence-electron chi connectivity index (χ3n) is 3.98. The Kier molecular flexibility index (Phi) is 5.17. The van der Waals surface area contributed by atoms with Crippen molar-refractivity contribution >= 4 is 11.6 Å². The topological polar surface area (TPSA) is 74.3 Å². The van der Waals surface area contributed by atoms with Gasteiger partial charge in [-0.2, -0.15) is 0 Å². The molecule has 0 fully saturated rings. The van der Waals surface area contributed by atoms with Crippen molar-refractivity contribution < 1.29 is 9.53 Å². The van der Waals surface area contributed by atoms with Crippen LogP contribution in [0.1, 0.15) is 29.3 Å². The van der Waals surface area contributed by atoms with Crippen LogP contribution >= 0.6 is 0 Å². The largest absolute Gasteiger partial charge is 0.494 e. The summed E-state index contributed by atoms with van der Waals surface area (Å²) in [6, 6.07) is 18.7. The average molecular weight is 348 g/mol. The predicted molar refractivity (Wildman–Crippen MR) is 102 cm³/mol. The third kappa shape index (κ3) is 3.52. The number of carbonyl (C=O) groups is 1. The second-order valence-electron chi connectivity index (χ2n) is 5.84. The Morgan fingerprint density at radius 1 is 1.00 bits per heavy atom. The van der Waals surface area contributed by atoms with E-state index in [9.17, 15) is 9.59 Å². The summed E-state index contributed by atoms with van der Waals surface area (Å²) in [7, 11) is 0. The number of carbonyl (C=O) groups excluding carboxylic acids is 1. The van der Waals surface area contributed by atoms with Crippen molar-refractivity contribution in [3.05, 3.63) is 88.2 Å². The normalized spacial score (nSPS) is 10.5. The van der Waals surface area contributed by atoms with Crippen LogP contribution in [0, 0.1) is 0 Å². The van der Waals surface area contributed by atoms with E-state index in [1.54, 1.807) is 48.5 Å². The molecule has 0 atom stereocenters. The van der Waals surface area contributed by atoms with Crippen LogP contribution in [0.4, 0.5) is 5.82 Å². The second-order valence-corrected chi connectivity index (χ2v) is 5.84. The molecule has 1 heterocycles. The first kappa shape index (κ1) is 17.5. The van der Waals surface area contributed by atoms with Gasteiger partial charge in [-0.1, -0.05) is 37.3 Å². The van der Waals surface area contributed by atoms with E-state index in [0.717, 1.165) is 12.2 Å². The molecule has 3 aromatic rings. The van der Waals surface area contributed by atoms with E-state index in [2.05, 4.69) is 0 Å². The summed E-state index contributed by atoms with van der Waals surface area (Å²) in [6.07, 6.45) is 0.914. The number of rotatable bonds is 6. The van der Waals surface area contributed by atoms with Gasteiger partial charge in [0.2, 0.25) is 0 Å². The van der Waals surface area contributed by atoms with Crippen LogP contribution in [-0.2, 0) is 0 Å². The molecule has 0 saturated carbocycles. The lowest BCUT2D eigenvalue weighted by molar-refractivity contribution is 0.103. The van der Waals surface area contributed by atoms with Crippen LogP contribution < -0.4 is 16.0 Å². The van der Waals surface area contributed by atoms with Gasteiger partial charge in [0.25, 0.3) is 5.56 Å². The van der Waals surface area contributed by atoms with E-state index in [0.29, 0.717) is 23.4 Å². The smallest absolute Gasteiger partial charge is 0.256 e. The number of hydrogen-bond acceptors (Lipinski definition) is 4. The van der Waals surface area contributed by atoms with Gasteiger partial charge < -0.3 is 10.5 Å². The lowest BCUT2D eigenvalue weighted by Gasteiger charge is -2.14. The van der Waals surface area contributed by atoms with Gasteiger partial charge in [-0.3, -0.25) is 14.2 Å². The van der Waals surface area contributed by atoms with Gasteiger partial charge in [-0.15, -0.1) is 0 Å². The van der Waals surface area contributed by atoms with Crippen LogP contribution in [0.3, 0.4) is 0 Å². The molecule has 1 aromatic heterocycles. The molecule has 2 N–H and O–H groups in total. The Bertz CT molecular complexity index is 961. The summed E-state index contributed by atoms with van der Waals surface area (Å²) in [5.41, 5.74) is 7.28. The van der Waals surface area contributed by atoms with Gasteiger partial charge in [0.1, 0.15) is 11.6 Å². The number of nitrogen functional groups attached to an aromatic ring is 1. The number of nitrogens with zero attached hydrogens (tertiary/aromatic N) is 1. The minimum atomic E-state index is -0.297. The van der Waals surface area contributed by atoms with Gasteiger partial charge in [0.05, 0.1) is 17.9 Å².